The van der Waals surface area contributed by atoms with Crippen molar-refractivity contribution in [1.82, 2.24) is 5.32 Å². The van der Waals surface area contributed by atoms with Gasteiger partial charge in [0.15, 0.2) is 0 Å². The summed E-state index contributed by atoms with van der Waals surface area (Å²) in [6.07, 6.45) is 1.52. The van der Waals surface area contributed by atoms with Crippen molar-refractivity contribution in [3.8, 4) is 0 Å². The molecule has 0 aromatic heterocycles. The van der Waals surface area contributed by atoms with E-state index in [1.54, 1.807) is 14.0 Å². The van der Waals surface area contributed by atoms with Gasteiger partial charge in [-0.3, -0.25) is 5.32 Å². The number of rotatable bonds is 5. The summed E-state index contributed by atoms with van der Waals surface area (Å²) in [6.45, 7) is 1.56. The Morgan fingerprint density at radius 2 is 2.30 bits per heavy atom. The molecule has 0 heterocycles. The first kappa shape index (κ1) is 9.59. The van der Waals surface area contributed by atoms with E-state index in [1.807, 2.05) is 0 Å². The van der Waals surface area contributed by atoms with Gasteiger partial charge in [0.25, 0.3) is 0 Å². The van der Waals surface area contributed by atoms with Crippen LogP contribution in [0.2, 0.25) is 0 Å². The van der Waals surface area contributed by atoms with Gasteiger partial charge in [0.2, 0.25) is 0 Å². The molecule has 0 aromatic rings. The van der Waals surface area contributed by atoms with E-state index in [2.05, 4.69) is 5.32 Å². The monoisotopic (exact) mass is 145 g/mol. The Hall–Kier alpha value is -0.410. The van der Waals surface area contributed by atoms with Crippen LogP contribution in [-0.2, 0) is 4.79 Å². The van der Waals surface area contributed by atoms with Crippen LogP contribution in [0.15, 0.2) is 0 Å². The van der Waals surface area contributed by atoms with E-state index < -0.39 is 6.23 Å². The molecule has 0 aromatic carbocycles. The van der Waals surface area contributed by atoms with Crippen LogP contribution in [0.3, 0.4) is 0 Å². The zero-order valence-corrected chi connectivity index (χ0v) is 6.55. The second-order valence-corrected chi connectivity index (χ2v) is 2.40. The topological polar surface area (TPSA) is 49.3 Å². The van der Waals surface area contributed by atoms with Crippen molar-refractivity contribution < 1.29 is 9.90 Å². The molecule has 0 radical (unpaired) electrons. The highest BCUT2D eigenvalue weighted by Crippen LogP contribution is 1.98. The first-order valence-electron chi connectivity index (χ1n) is 3.51. The van der Waals surface area contributed by atoms with Gasteiger partial charge in [-0.25, -0.2) is 0 Å². The minimum atomic E-state index is -0.459. The van der Waals surface area contributed by atoms with Gasteiger partial charge in [-0.2, -0.15) is 0 Å². The molecule has 0 fully saturated rings. The summed E-state index contributed by atoms with van der Waals surface area (Å²) in [5.41, 5.74) is 0. The summed E-state index contributed by atoms with van der Waals surface area (Å²) in [5, 5.41) is 11.6. The van der Waals surface area contributed by atoms with Crippen molar-refractivity contribution in [3.63, 3.8) is 0 Å². The molecule has 60 valence electrons. The number of hydrogen-bond donors (Lipinski definition) is 2. The molecule has 1 unspecified atom stereocenters. The normalized spacial score (nSPS) is 13.1. The van der Waals surface area contributed by atoms with Crippen LogP contribution in [0.5, 0.6) is 0 Å². The van der Waals surface area contributed by atoms with E-state index >= 15 is 0 Å². The summed E-state index contributed by atoms with van der Waals surface area (Å²) in [5.74, 6) is 0.184. The highest BCUT2D eigenvalue weighted by atomic mass is 16.3. The molecule has 0 saturated carbocycles. The highest BCUT2D eigenvalue weighted by Gasteiger charge is 1.99. The third-order valence-electron chi connectivity index (χ3n) is 1.34. The molecule has 0 rings (SSSR count). The van der Waals surface area contributed by atoms with Crippen LogP contribution in [0.4, 0.5) is 0 Å². The molecule has 0 bridgehead atoms. The number of carbonyl (C=O) groups excluding carboxylic acids is 1. The molecule has 0 aliphatic heterocycles. The molecular formula is C7H15NO2. The van der Waals surface area contributed by atoms with Gasteiger partial charge in [-0.1, -0.05) is 0 Å². The number of aliphatic hydroxyl groups is 1. The van der Waals surface area contributed by atoms with E-state index in [0.29, 0.717) is 12.8 Å². The fourth-order valence-corrected chi connectivity index (χ4v) is 0.689. The molecule has 0 amide bonds. The van der Waals surface area contributed by atoms with Crippen LogP contribution in [-0.4, -0.2) is 24.2 Å². The van der Waals surface area contributed by atoms with Gasteiger partial charge in [0, 0.05) is 6.42 Å². The third-order valence-corrected chi connectivity index (χ3v) is 1.34. The van der Waals surface area contributed by atoms with Gasteiger partial charge < -0.3 is 9.90 Å². The highest BCUT2D eigenvalue weighted by molar-refractivity contribution is 5.75. The Bertz CT molecular complexity index is 104. The Labute approximate surface area is 61.4 Å². The standard InChI is InChI=1S/C7H15NO2/c1-6(9)4-3-5-7(10)8-2/h7-8,10H,3-5H2,1-2H3. The van der Waals surface area contributed by atoms with Gasteiger partial charge >= 0.3 is 0 Å². The summed E-state index contributed by atoms with van der Waals surface area (Å²) in [7, 11) is 1.69. The summed E-state index contributed by atoms with van der Waals surface area (Å²) >= 11 is 0. The van der Waals surface area contributed by atoms with E-state index in [4.69, 9.17) is 5.11 Å². The zero-order chi connectivity index (χ0) is 7.98. The van der Waals surface area contributed by atoms with Crippen molar-refractivity contribution in [1.29, 1.82) is 0 Å². The SMILES string of the molecule is CNC(O)CCCC(C)=O. The van der Waals surface area contributed by atoms with Crippen molar-refractivity contribution in [2.45, 2.75) is 32.4 Å². The maximum atomic E-state index is 10.4. The van der Waals surface area contributed by atoms with Crippen molar-refractivity contribution in [3.05, 3.63) is 0 Å². The average Bonchev–Trinajstić information content (AvgIpc) is 1.87. The Morgan fingerprint density at radius 3 is 2.70 bits per heavy atom. The second-order valence-electron chi connectivity index (χ2n) is 2.40. The molecule has 3 heteroatoms. The zero-order valence-electron chi connectivity index (χ0n) is 6.55. The maximum Gasteiger partial charge on any atom is 0.129 e. The number of nitrogens with one attached hydrogen (secondary N) is 1. The molecule has 0 aliphatic rings. The Balaban J connectivity index is 3.11. The van der Waals surface area contributed by atoms with Gasteiger partial charge in [-0.15, -0.1) is 0 Å². The first-order chi connectivity index (χ1) is 4.66. The first-order valence-corrected chi connectivity index (χ1v) is 3.51. The van der Waals surface area contributed by atoms with Crippen LogP contribution < -0.4 is 5.32 Å². The van der Waals surface area contributed by atoms with E-state index in [-0.39, 0.29) is 5.78 Å². The quantitative estimate of drug-likeness (QED) is 0.546. The molecule has 0 aliphatic carbocycles. The lowest BCUT2D eigenvalue weighted by molar-refractivity contribution is -0.117. The maximum absolute atomic E-state index is 10.4. The number of carbonyl (C=O) groups is 1. The Kier molecular flexibility index (Phi) is 5.16. The van der Waals surface area contributed by atoms with Crippen LogP contribution in [0.1, 0.15) is 26.2 Å². The van der Waals surface area contributed by atoms with Crippen LogP contribution >= 0.6 is 0 Å². The average molecular weight is 145 g/mol. The molecular weight excluding hydrogens is 130 g/mol. The number of Topliss-reactive ketones (excluding diaryl/α,β-unsaturated/α-hetero) is 1. The lowest BCUT2D eigenvalue weighted by Gasteiger charge is -2.06. The minimum Gasteiger partial charge on any atom is -0.379 e. The largest absolute Gasteiger partial charge is 0.379 e. The number of aliphatic hydroxyl groups excluding tert-OH is 1. The predicted molar refractivity (Wildman–Crippen MR) is 39.6 cm³/mol. The summed E-state index contributed by atoms with van der Waals surface area (Å²) < 4.78 is 0. The molecule has 2 N–H and O–H groups in total. The molecule has 10 heavy (non-hydrogen) atoms. The van der Waals surface area contributed by atoms with Crippen LogP contribution in [0, 0.1) is 0 Å². The third kappa shape index (κ3) is 5.72. The Morgan fingerprint density at radius 1 is 1.70 bits per heavy atom. The molecule has 0 spiro atoms. The van der Waals surface area contributed by atoms with E-state index in [1.165, 1.54) is 0 Å². The fourth-order valence-electron chi connectivity index (χ4n) is 0.689. The van der Waals surface area contributed by atoms with Gasteiger partial charge in [-0.05, 0) is 26.8 Å². The molecule has 1 atom stereocenters. The molecule has 3 nitrogen and oxygen atoms in total. The number of ketones is 1. The molecule has 0 saturated heterocycles. The van der Waals surface area contributed by atoms with E-state index in [0.717, 1.165) is 6.42 Å². The van der Waals surface area contributed by atoms with Crippen LogP contribution in [0.25, 0.3) is 0 Å². The van der Waals surface area contributed by atoms with Crippen molar-refractivity contribution in [2.75, 3.05) is 7.05 Å². The van der Waals surface area contributed by atoms with Gasteiger partial charge in [0.1, 0.15) is 12.0 Å². The van der Waals surface area contributed by atoms with E-state index in [9.17, 15) is 4.79 Å². The lowest BCUT2D eigenvalue weighted by Crippen LogP contribution is -2.24. The summed E-state index contributed by atoms with van der Waals surface area (Å²) in [6, 6.07) is 0. The fraction of sp³-hybridized carbons (Fsp3) is 0.857. The van der Waals surface area contributed by atoms with Gasteiger partial charge in [0.05, 0.1) is 0 Å². The summed E-state index contributed by atoms with van der Waals surface area (Å²) in [4.78, 5) is 10.4. The minimum absolute atomic E-state index is 0.184. The lowest BCUT2D eigenvalue weighted by atomic mass is 10.2. The number of hydrogen-bond acceptors (Lipinski definition) is 3. The predicted octanol–water partition coefficient (Wildman–Crippen LogP) is 0.283. The smallest absolute Gasteiger partial charge is 0.129 e. The second kappa shape index (κ2) is 5.38. The van der Waals surface area contributed by atoms with Crippen molar-refractivity contribution in [2.24, 2.45) is 0 Å². The van der Waals surface area contributed by atoms with Crippen molar-refractivity contribution >= 4 is 5.78 Å².